The molecule has 2 atom stereocenters. The van der Waals surface area contributed by atoms with Crippen LogP contribution in [-0.4, -0.2) is 47.6 Å². The Balaban J connectivity index is 2.83. The molecule has 0 unspecified atom stereocenters. The Hall–Kier alpha value is -1.36. The first-order valence-electron chi connectivity index (χ1n) is 10.6. The monoisotopic (exact) mass is 436 g/mol. The van der Waals surface area contributed by atoms with Crippen LogP contribution in [0.3, 0.4) is 0 Å². The van der Waals surface area contributed by atoms with E-state index >= 15 is 0 Å². The van der Waals surface area contributed by atoms with E-state index in [2.05, 4.69) is 40.0 Å². The molecule has 0 spiro atoms. The van der Waals surface area contributed by atoms with E-state index in [1.54, 1.807) is 14.2 Å². The normalized spacial score (nSPS) is 14.4. The number of hydrogen-bond donors (Lipinski definition) is 0. The average molecular weight is 437 g/mol. The lowest BCUT2D eigenvalue weighted by Gasteiger charge is -2.37. The second kappa shape index (κ2) is 13.1. The Labute approximate surface area is 184 Å². The van der Waals surface area contributed by atoms with Crippen molar-refractivity contribution < 1.29 is 23.4 Å². The molecule has 0 fully saturated rings. The lowest BCUT2D eigenvalue weighted by molar-refractivity contribution is -0.119. The van der Waals surface area contributed by atoms with Crippen molar-refractivity contribution >= 4 is 8.32 Å². The van der Waals surface area contributed by atoms with Gasteiger partial charge in [0.25, 0.3) is 0 Å². The second-order valence-corrected chi connectivity index (χ2v) is 13.8. The Morgan fingerprint density at radius 1 is 0.967 bits per heavy atom. The topological polar surface area (TPSA) is 46.2 Å². The quantitative estimate of drug-likeness (QED) is 0.223. The van der Waals surface area contributed by atoms with Crippen LogP contribution in [0.15, 0.2) is 30.3 Å². The Bertz CT molecular complexity index is 617. The Kier molecular flexibility index (Phi) is 11.7. The van der Waals surface area contributed by atoms with E-state index in [0.29, 0.717) is 32.5 Å². The van der Waals surface area contributed by atoms with Crippen LogP contribution in [-0.2, 0) is 30.0 Å². The largest absolute Gasteiger partial charge is 0.441 e. The van der Waals surface area contributed by atoms with Crippen molar-refractivity contribution in [1.82, 2.24) is 0 Å². The van der Waals surface area contributed by atoms with Crippen molar-refractivity contribution in [2.75, 3.05) is 20.8 Å². The fourth-order valence-electron chi connectivity index (χ4n) is 2.84. The molecule has 5 nitrogen and oxygen atoms in total. The third-order valence-electron chi connectivity index (χ3n) is 5.83. The van der Waals surface area contributed by atoms with E-state index in [4.69, 9.17) is 29.8 Å². The zero-order valence-corrected chi connectivity index (χ0v) is 20.8. The molecule has 170 valence electrons. The summed E-state index contributed by atoms with van der Waals surface area (Å²) >= 11 is 0. The number of benzene rings is 1. The van der Waals surface area contributed by atoms with E-state index in [-0.39, 0.29) is 23.5 Å². The van der Waals surface area contributed by atoms with Gasteiger partial charge in [0.15, 0.2) is 14.6 Å². The van der Waals surface area contributed by atoms with Gasteiger partial charge in [0.2, 0.25) is 0 Å². The summed E-state index contributed by atoms with van der Waals surface area (Å²) in [6.45, 7) is 12.3. The minimum Gasteiger partial charge on any atom is -0.441 e. The van der Waals surface area contributed by atoms with Gasteiger partial charge in [-0.2, -0.15) is 0 Å². The van der Waals surface area contributed by atoms with Gasteiger partial charge in [0.1, 0.15) is 12.2 Å². The van der Waals surface area contributed by atoms with Gasteiger partial charge < -0.3 is 23.4 Å². The highest BCUT2D eigenvalue weighted by atomic mass is 28.4. The van der Waals surface area contributed by atoms with Gasteiger partial charge >= 0.3 is 0 Å². The van der Waals surface area contributed by atoms with Crippen LogP contribution in [0, 0.1) is 12.5 Å². The summed E-state index contributed by atoms with van der Waals surface area (Å²) in [6.07, 6.45) is 9.10. The predicted octanol–water partition coefficient (Wildman–Crippen LogP) is 5.36. The molecule has 0 aliphatic rings. The highest BCUT2D eigenvalue weighted by Gasteiger charge is 2.37. The number of rotatable bonds is 14. The molecule has 0 saturated carbocycles. The summed E-state index contributed by atoms with van der Waals surface area (Å²) in [4.78, 5) is 0. The molecular weight excluding hydrogens is 396 g/mol. The van der Waals surface area contributed by atoms with E-state index < -0.39 is 8.32 Å². The Morgan fingerprint density at radius 2 is 1.60 bits per heavy atom. The van der Waals surface area contributed by atoms with Crippen LogP contribution in [0.5, 0.6) is 0 Å². The summed E-state index contributed by atoms with van der Waals surface area (Å²) in [5.74, 6) is 0. The van der Waals surface area contributed by atoms with Gasteiger partial charge in [-0.15, -0.1) is 0 Å². The minimum atomic E-state index is -1.84. The lowest BCUT2D eigenvalue weighted by atomic mass is 10.0. The van der Waals surface area contributed by atoms with Crippen molar-refractivity contribution in [2.24, 2.45) is 0 Å². The molecule has 0 N–H and O–H groups in total. The molecule has 0 radical (unpaired) electrons. The average Bonchev–Trinajstić information content (AvgIpc) is 2.70. The summed E-state index contributed by atoms with van der Waals surface area (Å²) in [6, 6.07) is 10.1. The highest BCUT2D eigenvalue weighted by molar-refractivity contribution is 6.74. The zero-order chi connectivity index (χ0) is 22.6. The maximum absolute atomic E-state index is 6.37. The summed E-state index contributed by atoms with van der Waals surface area (Å²) in [7, 11) is 1.42. The van der Waals surface area contributed by atoms with Crippen molar-refractivity contribution in [1.29, 1.82) is 0 Å². The van der Waals surface area contributed by atoms with Crippen molar-refractivity contribution in [3.63, 3.8) is 0 Å². The number of ether oxygens (including phenoxy) is 4. The summed E-state index contributed by atoms with van der Waals surface area (Å²) in [5.41, 5.74) is 1.11. The highest BCUT2D eigenvalue weighted by Crippen LogP contribution is 2.36. The number of methoxy groups -OCH3 is 2. The molecule has 1 aromatic carbocycles. The van der Waals surface area contributed by atoms with Crippen LogP contribution >= 0.6 is 0 Å². The van der Waals surface area contributed by atoms with Crippen LogP contribution in [0.4, 0.5) is 0 Å². The zero-order valence-electron chi connectivity index (χ0n) is 19.8. The van der Waals surface area contributed by atoms with Crippen molar-refractivity contribution in [3.8, 4) is 12.5 Å². The fourth-order valence-corrected chi connectivity index (χ4v) is 3.90. The first-order chi connectivity index (χ1) is 14.1. The summed E-state index contributed by atoms with van der Waals surface area (Å²) in [5, 5.41) is 0.159. The maximum atomic E-state index is 6.37. The molecule has 30 heavy (non-hydrogen) atoms. The number of hydrogen-bond acceptors (Lipinski definition) is 5. The first kappa shape index (κ1) is 26.7. The van der Waals surface area contributed by atoms with Crippen LogP contribution in [0.25, 0.3) is 0 Å². The van der Waals surface area contributed by atoms with Gasteiger partial charge in [-0.1, -0.05) is 57.5 Å². The van der Waals surface area contributed by atoms with Gasteiger partial charge in [0, 0.05) is 27.2 Å². The van der Waals surface area contributed by atoms with E-state index in [9.17, 15) is 0 Å². The van der Waals surface area contributed by atoms with E-state index in [1.165, 1.54) is 0 Å². The molecule has 0 bridgehead atoms. The van der Waals surface area contributed by atoms with Gasteiger partial charge in [-0.05, 0) is 36.5 Å². The third-order valence-corrected chi connectivity index (χ3v) is 10.4. The fraction of sp³-hybridized carbons (Fsp3) is 0.667. The van der Waals surface area contributed by atoms with Gasteiger partial charge in [-0.25, -0.2) is 0 Å². The standard InChI is InChI=1S/C24H40O5Si/c1-9-27-21(15-16-23(25-5)26-6)22(28-19-20-13-11-10-12-14-20)17-18-29-30(7,8)24(2,3)4/h1,10-14,21-23H,15-19H2,2-8H3/t21-,22-/m0/s1. The summed E-state index contributed by atoms with van der Waals surface area (Å²) < 4.78 is 28.9. The molecule has 0 aliphatic heterocycles. The second-order valence-electron chi connectivity index (χ2n) is 8.98. The first-order valence-corrected chi connectivity index (χ1v) is 13.5. The third kappa shape index (κ3) is 9.19. The Morgan fingerprint density at radius 3 is 2.13 bits per heavy atom. The molecule has 1 aromatic rings. The van der Waals surface area contributed by atoms with Crippen molar-refractivity contribution in [3.05, 3.63) is 35.9 Å². The molecule has 0 aromatic heterocycles. The number of terminal acetylenes is 1. The molecule has 6 heteroatoms. The van der Waals surface area contributed by atoms with Crippen molar-refractivity contribution in [2.45, 2.75) is 83.3 Å². The molecule has 0 heterocycles. The molecule has 0 aliphatic carbocycles. The smallest absolute Gasteiger partial charge is 0.191 e. The van der Waals surface area contributed by atoms with E-state index in [0.717, 1.165) is 5.56 Å². The predicted molar refractivity (Wildman–Crippen MR) is 124 cm³/mol. The molecule has 0 saturated heterocycles. The van der Waals surface area contributed by atoms with Gasteiger partial charge in [-0.3, -0.25) is 0 Å². The lowest BCUT2D eigenvalue weighted by Crippen LogP contribution is -2.42. The molecular formula is C24H40O5Si. The van der Waals surface area contributed by atoms with Crippen LogP contribution < -0.4 is 0 Å². The SMILES string of the molecule is C#CO[C@@H](CCC(OC)OC)[C@H](CCO[Si](C)(C)C(C)(C)C)OCc1ccccc1. The van der Waals surface area contributed by atoms with Crippen LogP contribution in [0.2, 0.25) is 18.1 Å². The van der Waals surface area contributed by atoms with Gasteiger partial charge in [0.05, 0.1) is 12.7 Å². The van der Waals surface area contributed by atoms with E-state index in [1.807, 2.05) is 30.3 Å². The van der Waals surface area contributed by atoms with Crippen LogP contribution in [0.1, 0.15) is 45.6 Å². The molecule has 0 amide bonds. The molecule has 1 rings (SSSR count). The minimum absolute atomic E-state index is 0.159. The maximum Gasteiger partial charge on any atom is 0.191 e.